The number of likely N-dealkylation sites (tertiary alicyclic amines) is 1. The fourth-order valence-electron chi connectivity index (χ4n) is 2.96. The standard InChI is InChI=1S/C17H19N3O3/c1-11(20-9-7-12(10-20)17(22)23)16(21)19-15-6-2-5-14-13(15)4-3-8-18-14/h2-6,8,11-12H,7,9-10H2,1H3,(H,19,21)(H,22,23). The van der Waals surface area contributed by atoms with Gasteiger partial charge in [-0.15, -0.1) is 0 Å². The van der Waals surface area contributed by atoms with Crippen molar-refractivity contribution in [2.75, 3.05) is 18.4 Å². The van der Waals surface area contributed by atoms with Gasteiger partial charge in [-0.05, 0) is 44.2 Å². The summed E-state index contributed by atoms with van der Waals surface area (Å²) in [7, 11) is 0. The molecule has 2 N–H and O–H groups in total. The van der Waals surface area contributed by atoms with E-state index in [1.807, 2.05) is 42.2 Å². The molecule has 0 bridgehead atoms. The molecule has 120 valence electrons. The number of nitrogens with zero attached hydrogens (tertiary/aromatic N) is 2. The number of fused-ring (bicyclic) bond motifs is 1. The first-order valence-corrected chi connectivity index (χ1v) is 7.67. The Labute approximate surface area is 134 Å². The smallest absolute Gasteiger partial charge is 0.307 e. The van der Waals surface area contributed by atoms with Crippen LogP contribution in [0.15, 0.2) is 36.5 Å². The zero-order valence-electron chi connectivity index (χ0n) is 12.9. The molecule has 2 heterocycles. The molecular formula is C17H19N3O3. The van der Waals surface area contributed by atoms with Crippen LogP contribution in [0.3, 0.4) is 0 Å². The fourth-order valence-corrected chi connectivity index (χ4v) is 2.96. The summed E-state index contributed by atoms with van der Waals surface area (Å²) in [5.74, 6) is -1.31. The predicted molar refractivity (Wildman–Crippen MR) is 87.2 cm³/mol. The number of aromatic nitrogens is 1. The van der Waals surface area contributed by atoms with Gasteiger partial charge in [-0.3, -0.25) is 19.5 Å². The Bertz CT molecular complexity index is 741. The van der Waals surface area contributed by atoms with Crippen LogP contribution in [-0.4, -0.2) is 46.0 Å². The van der Waals surface area contributed by atoms with Crippen LogP contribution >= 0.6 is 0 Å². The van der Waals surface area contributed by atoms with Gasteiger partial charge >= 0.3 is 5.97 Å². The average Bonchev–Trinajstić information content (AvgIpc) is 3.04. The van der Waals surface area contributed by atoms with E-state index < -0.39 is 5.97 Å². The number of aliphatic carboxylic acids is 1. The summed E-state index contributed by atoms with van der Waals surface area (Å²) in [5, 5.41) is 12.9. The van der Waals surface area contributed by atoms with Gasteiger partial charge in [-0.1, -0.05) is 6.07 Å². The Morgan fingerprint density at radius 1 is 1.35 bits per heavy atom. The molecular weight excluding hydrogens is 294 g/mol. The largest absolute Gasteiger partial charge is 0.481 e. The summed E-state index contributed by atoms with van der Waals surface area (Å²) in [5.41, 5.74) is 1.55. The van der Waals surface area contributed by atoms with Crippen LogP contribution in [0.5, 0.6) is 0 Å². The zero-order chi connectivity index (χ0) is 16.4. The van der Waals surface area contributed by atoms with Crippen LogP contribution in [0.1, 0.15) is 13.3 Å². The summed E-state index contributed by atoms with van der Waals surface area (Å²) in [6.45, 7) is 2.85. The number of carbonyl (C=O) groups excluding carboxylic acids is 1. The number of carboxylic acid groups (broad SMARTS) is 1. The summed E-state index contributed by atoms with van der Waals surface area (Å²) >= 11 is 0. The first-order valence-electron chi connectivity index (χ1n) is 7.67. The quantitative estimate of drug-likeness (QED) is 0.902. The molecule has 1 aliphatic rings. The van der Waals surface area contributed by atoms with Crippen molar-refractivity contribution in [2.45, 2.75) is 19.4 Å². The van der Waals surface area contributed by atoms with Gasteiger partial charge in [-0.2, -0.15) is 0 Å². The summed E-state index contributed by atoms with van der Waals surface area (Å²) in [4.78, 5) is 29.7. The minimum absolute atomic E-state index is 0.132. The predicted octanol–water partition coefficient (Wildman–Crippen LogP) is 1.97. The lowest BCUT2D eigenvalue weighted by Gasteiger charge is -2.23. The number of nitrogens with one attached hydrogen (secondary N) is 1. The molecule has 23 heavy (non-hydrogen) atoms. The van der Waals surface area contributed by atoms with Gasteiger partial charge in [0.1, 0.15) is 0 Å². The highest BCUT2D eigenvalue weighted by molar-refractivity contribution is 6.02. The maximum absolute atomic E-state index is 12.5. The Balaban J connectivity index is 1.72. The first-order chi connectivity index (χ1) is 11.1. The lowest BCUT2D eigenvalue weighted by molar-refractivity contribution is -0.141. The molecule has 1 aromatic carbocycles. The molecule has 1 fully saturated rings. The van der Waals surface area contributed by atoms with E-state index in [4.69, 9.17) is 5.11 Å². The number of rotatable bonds is 4. The van der Waals surface area contributed by atoms with Crippen molar-refractivity contribution in [3.8, 4) is 0 Å². The second-order valence-electron chi connectivity index (χ2n) is 5.86. The fraction of sp³-hybridized carbons (Fsp3) is 0.353. The van der Waals surface area contributed by atoms with Crippen molar-refractivity contribution in [1.29, 1.82) is 0 Å². The molecule has 0 spiro atoms. The van der Waals surface area contributed by atoms with Crippen molar-refractivity contribution in [2.24, 2.45) is 5.92 Å². The van der Waals surface area contributed by atoms with Gasteiger partial charge in [0.25, 0.3) is 0 Å². The molecule has 0 saturated carbocycles. The van der Waals surface area contributed by atoms with Crippen LogP contribution in [0, 0.1) is 5.92 Å². The van der Waals surface area contributed by atoms with Crippen molar-refractivity contribution in [1.82, 2.24) is 9.88 Å². The Hall–Kier alpha value is -2.47. The topological polar surface area (TPSA) is 82.5 Å². The molecule has 0 aliphatic carbocycles. The maximum Gasteiger partial charge on any atom is 0.307 e. The van der Waals surface area contributed by atoms with Crippen molar-refractivity contribution < 1.29 is 14.7 Å². The molecule has 1 aliphatic heterocycles. The Kier molecular flexibility index (Phi) is 4.25. The molecule has 3 rings (SSSR count). The molecule has 1 amide bonds. The Morgan fingerprint density at radius 3 is 2.91 bits per heavy atom. The molecule has 1 saturated heterocycles. The Morgan fingerprint density at radius 2 is 2.17 bits per heavy atom. The van der Waals surface area contributed by atoms with Crippen molar-refractivity contribution in [3.63, 3.8) is 0 Å². The van der Waals surface area contributed by atoms with Crippen LogP contribution in [-0.2, 0) is 9.59 Å². The summed E-state index contributed by atoms with van der Waals surface area (Å²) in [6.07, 6.45) is 2.30. The molecule has 1 aromatic heterocycles. The SMILES string of the molecule is CC(C(=O)Nc1cccc2ncccc12)N1CCC(C(=O)O)C1. The maximum atomic E-state index is 12.5. The van der Waals surface area contributed by atoms with Crippen LogP contribution in [0.25, 0.3) is 10.9 Å². The van der Waals surface area contributed by atoms with E-state index in [0.717, 1.165) is 16.6 Å². The first kappa shape index (κ1) is 15.4. The highest BCUT2D eigenvalue weighted by atomic mass is 16.4. The van der Waals surface area contributed by atoms with Crippen molar-refractivity contribution in [3.05, 3.63) is 36.5 Å². The molecule has 6 heteroatoms. The van der Waals surface area contributed by atoms with E-state index >= 15 is 0 Å². The van der Waals surface area contributed by atoms with E-state index in [0.29, 0.717) is 19.5 Å². The number of amides is 1. The number of anilines is 1. The van der Waals surface area contributed by atoms with Crippen LogP contribution < -0.4 is 5.32 Å². The third-order valence-corrected chi connectivity index (χ3v) is 4.40. The molecule has 2 atom stereocenters. The number of hydrogen-bond acceptors (Lipinski definition) is 4. The van der Waals surface area contributed by atoms with Gasteiger partial charge in [0.15, 0.2) is 0 Å². The minimum Gasteiger partial charge on any atom is -0.481 e. The van der Waals surface area contributed by atoms with Crippen LogP contribution in [0.4, 0.5) is 5.69 Å². The summed E-state index contributed by atoms with van der Waals surface area (Å²) in [6, 6.07) is 8.97. The van der Waals surface area contributed by atoms with E-state index in [9.17, 15) is 9.59 Å². The highest BCUT2D eigenvalue weighted by Crippen LogP contribution is 2.23. The second-order valence-corrected chi connectivity index (χ2v) is 5.86. The highest BCUT2D eigenvalue weighted by Gasteiger charge is 2.33. The number of benzene rings is 1. The third kappa shape index (κ3) is 3.17. The van der Waals surface area contributed by atoms with Crippen molar-refractivity contribution >= 4 is 28.5 Å². The monoisotopic (exact) mass is 313 g/mol. The van der Waals surface area contributed by atoms with E-state index in [1.165, 1.54) is 0 Å². The molecule has 2 unspecified atom stereocenters. The van der Waals surface area contributed by atoms with E-state index in [2.05, 4.69) is 10.3 Å². The lowest BCUT2D eigenvalue weighted by atomic mass is 10.1. The molecule has 6 nitrogen and oxygen atoms in total. The van der Waals surface area contributed by atoms with Crippen LogP contribution in [0.2, 0.25) is 0 Å². The van der Waals surface area contributed by atoms with Gasteiger partial charge < -0.3 is 10.4 Å². The average molecular weight is 313 g/mol. The normalized spacial score (nSPS) is 19.6. The molecule has 0 radical (unpaired) electrons. The number of hydrogen-bond donors (Lipinski definition) is 2. The number of carbonyl (C=O) groups is 2. The second kappa shape index (κ2) is 6.34. The minimum atomic E-state index is -0.791. The van der Waals surface area contributed by atoms with E-state index in [1.54, 1.807) is 6.20 Å². The number of carboxylic acids is 1. The summed E-state index contributed by atoms with van der Waals surface area (Å²) < 4.78 is 0. The van der Waals surface area contributed by atoms with Gasteiger partial charge in [0, 0.05) is 18.1 Å². The lowest BCUT2D eigenvalue weighted by Crippen LogP contribution is -2.41. The van der Waals surface area contributed by atoms with E-state index in [-0.39, 0.29) is 17.9 Å². The third-order valence-electron chi connectivity index (χ3n) is 4.40. The van der Waals surface area contributed by atoms with Gasteiger partial charge in [0.05, 0.1) is 23.2 Å². The van der Waals surface area contributed by atoms with Gasteiger partial charge in [0.2, 0.25) is 5.91 Å². The molecule has 2 aromatic rings. The van der Waals surface area contributed by atoms with Gasteiger partial charge in [-0.25, -0.2) is 0 Å². The number of pyridine rings is 1. The zero-order valence-corrected chi connectivity index (χ0v) is 12.9.